The molecular weight excluding hydrogens is 376 g/mol. The van der Waals surface area contributed by atoms with Gasteiger partial charge in [0.25, 0.3) is 0 Å². The monoisotopic (exact) mass is 402 g/mol. The van der Waals surface area contributed by atoms with Gasteiger partial charge in [0.2, 0.25) is 11.1 Å². The fourth-order valence-corrected chi connectivity index (χ4v) is 3.97. The van der Waals surface area contributed by atoms with Crippen LogP contribution in [0.3, 0.4) is 0 Å². The van der Waals surface area contributed by atoms with Gasteiger partial charge in [-0.2, -0.15) is 4.98 Å². The summed E-state index contributed by atoms with van der Waals surface area (Å²) < 4.78 is 12.9. The first-order valence-electron chi connectivity index (χ1n) is 9.38. The Hall–Kier alpha value is -2.48. The maximum Gasteiger partial charge on any atom is 0.227 e. The Bertz CT molecular complexity index is 907. The topological polar surface area (TPSA) is 78.3 Å². The minimum absolute atomic E-state index is 0.00677. The molecule has 0 radical (unpaired) electrons. The maximum atomic E-state index is 12.5. The number of ketones is 1. The lowest BCUT2D eigenvalue weighted by atomic mass is 9.93. The van der Waals surface area contributed by atoms with Gasteiger partial charge in [0.05, 0.1) is 13.7 Å². The zero-order valence-corrected chi connectivity index (χ0v) is 17.7. The van der Waals surface area contributed by atoms with Crippen molar-refractivity contribution in [1.82, 2.24) is 14.8 Å². The molecule has 2 aromatic rings. The van der Waals surface area contributed by atoms with E-state index in [0.717, 1.165) is 23.4 Å². The number of benzene rings is 1. The second kappa shape index (κ2) is 8.68. The molecule has 0 saturated carbocycles. The molecule has 1 aliphatic rings. The van der Waals surface area contributed by atoms with Gasteiger partial charge in [-0.1, -0.05) is 24.8 Å². The van der Waals surface area contributed by atoms with Crippen molar-refractivity contribution in [2.24, 2.45) is 0 Å². The average molecular weight is 403 g/mol. The van der Waals surface area contributed by atoms with Crippen LogP contribution in [-0.4, -0.2) is 40.0 Å². The second-order valence-corrected chi connectivity index (χ2v) is 7.54. The number of fused-ring (bicyclic) bond motifs is 1. The van der Waals surface area contributed by atoms with Crippen LogP contribution in [0.2, 0.25) is 0 Å². The van der Waals surface area contributed by atoms with Crippen LogP contribution in [0, 0.1) is 0 Å². The summed E-state index contributed by atoms with van der Waals surface area (Å²) in [6.07, 6.45) is 1.04. The van der Waals surface area contributed by atoms with Crippen molar-refractivity contribution in [3.05, 3.63) is 35.0 Å². The number of carbonyl (C=O) groups is 1. The van der Waals surface area contributed by atoms with E-state index in [2.05, 4.69) is 22.3 Å². The zero-order valence-electron chi connectivity index (χ0n) is 16.9. The quantitative estimate of drug-likeness (QED) is 0.667. The third-order valence-corrected chi connectivity index (χ3v) is 5.49. The van der Waals surface area contributed by atoms with E-state index in [4.69, 9.17) is 9.47 Å². The SMILES string of the molecule is CCCSc1nc2n(n1)C(c1ccc(OC)c(OCC)c1)C(C(C)=O)=C(C)N2. The average Bonchev–Trinajstić information content (AvgIpc) is 3.07. The lowest BCUT2D eigenvalue weighted by Crippen LogP contribution is -2.27. The summed E-state index contributed by atoms with van der Waals surface area (Å²) in [5, 5.41) is 8.61. The lowest BCUT2D eigenvalue weighted by Gasteiger charge is -2.28. The van der Waals surface area contributed by atoms with Crippen molar-refractivity contribution in [2.45, 2.75) is 45.3 Å². The molecule has 0 saturated heterocycles. The molecule has 0 fully saturated rings. The molecule has 2 heterocycles. The zero-order chi connectivity index (χ0) is 20.3. The minimum Gasteiger partial charge on any atom is -0.493 e. The third-order valence-electron chi connectivity index (χ3n) is 4.45. The van der Waals surface area contributed by atoms with Crippen LogP contribution in [-0.2, 0) is 4.79 Å². The number of Topliss-reactive ketones (excluding diaryl/α,β-unsaturated/α-hetero) is 1. The molecule has 1 aromatic heterocycles. The second-order valence-electron chi connectivity index (χ2n) is 6.48. The van der Waals surface area contributed by atoms with Gasteiger partial charge in [-0.15, -0.1) is 5.10 Å². The standard InChI is InChI=1S/C20H26N4O3S/c1-6-10-28-20-22-19-21-12(3)17(13(4)25)18(24(19)23-20)14-8-9-15(26-5)16(11-14)27-7-2/h8-9,11,18H,6-7,10H2,1-5H3,(H,21,22,23). The Balaban J connectivity index is 2.12. The highest BCUT2D eigenvalue weighted by Gasteiger charge is 2.33. The van der Waals surface area contributed by atoms with Crippen molar-refractivity contribution in [1.29, 1.82) is 0 Å². The van der Waals surface area contributed by atoms with Crippen LogP contribution in [0.4, 0.5) is 5.95 Å². The molecule has 3 rings (SSSR count). The predicted octanol–water partition coefficient (Wildman–Crippen LogP) is 4.07. The van der Waals surface area contributed by atoms with E-state index in [0.29, 0.717) is 34.8 Å². The van der Waals surface area contributed by atoms with Crippen molar-refractivity contribution in [2.75, 3.05) is 24.8 Å². The summed E-state index contributed by atoms with van der Waals surface area (Å²) in [5.41, 5.74) is 2.35. The fourth-order valence-electron chi connectivity index (χ4n) is 3.28. The van der Waals surface area contributed by atoms with Crippen LogP contribution < -0.4 is 14.8 Å². The first-order valence-corrected chi connectivity index (χ1v) is 10.4. The largest absolute Gasteiger partial charge is 0.493 e. The number of carbonyl (C=O) groups excluding carboxylic acids is 1. The number of nitrogens with zero attached hydrogens (tertiary/aromatic N) is 3. The molecule has 1 atom stereocenters. The highest BCUT2D eigenvalue weighted by molar-refractivity contribution is 7.99. The van der Waals surface area contributed by atoms with Gasteiger partial charge in [0.1, 0.15) is 6.04 Å². The number of ether oxygens (including phenoxy) is 2. The van der Waals surface area contributed by atoms with E-state index in [1.165, 1.54) is 0 Å². The Kier molecular flexibility index (Phi) is 6.28. The Morgan fingerprint density at radius 2 is 2.11 bits per heavy atom. The Labute approximate surface area is 169 Å². The van der Waals surface area contributed by atoms with Gasteiger partial charge in [0, 0.05) is 17.0 Å². The van der Waals surface area contributed by atoms with E-state index >= 15 is 0 Å². The molecule has 0 spiro atoms. The van der Waals surface area contributed by atoms with Crippen molar-refractivity contribution >= 4 is 23.5 Å². The molecule has 1 unspecified atom stereocenters. The van der Waals surface area contributed by atoms with Crippen LogP contribution in [0.15, 0.2) is 34.6 Å². The molecule has 0 bridgehead atoms. The smallest absolute Gasteiger partial charge is 0.227 e. The summed E-state index contributed by atoms with van der Waals surface area (Å²) in [7, 11) is 1.61. The summed E-state index contributed by atoms with van der Waals surface area (Å²) in [5.74, 6) is 2.87. The van der Waals surface area contributed by atoms with Gasteiger partial charge in [0.15, 0.2) is 17.3 Å². The Morgan fingerprint density at radius 3 is 2.75 bits per heavy atom. The van der Waals surface area contributed by atoms with Crippen LogP contribution in [0.5, 0.6) is 11.5 Å². The first-order chi connectivity index (χ1) is 13.5. The van der Waals surface area contributed by atoms with Crippen molar-refractivity contribution in [3.63, 3.8) is 0 Å². The molecule has 150 valence electrons. The first kappa shape index (κ1) is 20.3. The van der Waals surface area contributed by atoms with Gasteiger partial charge in [-0.25, -0.2) is 4.68 Å². The summed E-state index contributed by atoms with van der Waals surface area (Å²) in [6, 6.07) is 5.34. The normalized spacial score (nSPS) is 15.8. The van der Waals surface area contributed by atoms with E-state index in [1.54, 1.807) is 30.5 Å². The van der Waals surface area contributed by atoms with Crippen molar-refractivity contribution in [3.8, 4) is 11.5 Å². The van der Waals surface area contributed by atoms with Crippen molar-refractivity contribution < 1.29 is 14.3 Å². The number of aromatic nitrogens is 3. The number of methoxy groups -OCH3 is 1. The molecule has 1 aromatic carbocycles. The van der Waals surface area contributed by atoms with E-state index in [9.17, 15) is 4.79 Å². The number of rotatable bonds is 8. The number of hydrogen-bond donors (Lipinski definition) is 1. The highest BCUT2D eigenvalue weighted by Crippen LogP contribution is 2.39. The van der Waals surface area contributed by atoms with E-state index in [1.807, 2.05) is 32.0 Å². The minimum atomic E-state index is -0.373. The summed E-state index contributed by atoms with van der Waals surface area (Å²) >= 11 is 1.61. The molecule has 28 heavy (non-hydrogen) atoms. The summed E-state index contributed by atoms with van der Waals surface area (Å²) in [6.45, 7) is 8.04. The fraction of sp³-hybridized carbons (Fsp3) is 0.450. The highest BCUT2D eigenvalue weighted by atomic mass is 32.2. The predicted molar refractivity (Wildman–Crippen MR) is 110 cm³/mol. The number of thioether (sulfide) groups is 1. The lowest BCUT2D eigenvalue weighted by molar-refractivity contribution is -0.114. The molecule has 0 aliphatic carbocycles. The number of nitrogens with one attached hydrogen (secondary N) is 1. The Morgan fingerprint density at radius 1 is 1.32 bits per heavy atom. The number of hydrogen-bond acceptors (Lipinski definition) is 7. The van der Waals surface area contributed by atoms with E-state index < -0.39 is 0 Å². The van der Waals surface area contributed by atoms with Gasteiger partial charge < -0.3 is 14.8 Å². The van der Waals surface area contributed by atoms with Gasteiger partial charge in [-0.3, -0.25) is 4.79 Å². The van der Waals surface area contributed by atoms with Crippen LogP contribution in [0.1, 0.15) is 45.7 Å². The molecular formula is C20H26N4O3S. The van der Waals surface area contributed by atoms with Crippen LogP contribution in [0.25, 0.3) is 0 Å². The summed E-state index contributed by atoms with van der Waals surface area (Å²) in [4.78, 5) is 17.1. The molecule has 8 heteroatoms. The van der Waals surface area contributed by atoms with Crippen LogP contribution >= 0.6 is 11.8 Å². The number of allylic oxidation sites excluding steroid dienone is 2. The maximum absolute atomic E-state index is 12.5. The molecule has 1 aliphatic heterocycles. The number of anilines is 1. The molecule has 0 amide bonds. The van der Waals surface area contributed by atoms with Gasteiger partial charge >= 0.3 is 0 Å². The molecule has 7 nitrogen and oxygen atoms in total. The third kappa shape index (κ3) is 3.87. The van der Waals surface area contributed by atoms with E-state index in [-0.39, 0.29) is 11.8 Å². The molecule has 1 N–H and O–H groups in total. The van der Waals surface area contributed by atoms with Gasteiger partial charge in [-0.05, 0) is 44.9 Å².